The van der Waals surface area contributed by atoms with E-state index in [4.69, 9.17) is 0 Å². The number of Topliss-reactive ketones (excluding diaryl/α,β-unsaturated/α-hetero) is 1. The molecule has 20 heavy (non-hydrogen) atoms. The van der Waals surface area contributed by atoms with Crippen LogP contribution in [0.3, 0.4) is 0 Å². The van der Waals surface area contributed by atoms with E-state index in [2.05, 4.69) is 15.3 Å². The van der Waals surface area contributed by atoms with Gasteiger partial charge in [-0.2, -0.15) is 0 Å². The summed E-state index contributed by atoms with van der Waals surface area (Å²) in [5.41, 5.74) is 2.61. The van der Waals surface area contributed by atoms with Gasteiger partial charge in [-0.05, 0) is 19.9 Å². The topological polar surface area (TPSA) is 65.6 Å². The number of aromatic nitrogens is 5. The third-order valence-electron chi connectivity index (χ3n) is 3.12. The number of ketones is 1. The van der Waals surface area contributed by atoms with Gasteiger partial charge >= 0.3 is 0 Å². The van der Waals surface area contributed by atoms with Crippen LogP contribution >= 0.6 is 11.3 Å². The van der Waals surface area contributed by atoms with Gasteiger partial charge in [0.1, 0.15) is 6.54 Å². The standard InChI is InChI=1S/C13H13N5OS/c1-9-7-11(12(19)8-17-5-3-15-16-17)10(2)18(9)13-14-4-6-20-13/h3-7H,8H2,1-2H3. The minimum Gasteiger partial charge on any atom is -0.294 e. The van der Waals surface area contributed by atoms with Crippen LogP contribution in [-0.4, -0.2) is 30.3 Å². The molecule has 3 heterocycles. The van der Waals surface area contributed by atoms with E-state index >= 15 is 0 Å². The summed E-state index contributed by atoms with van der Waals surface area (Å²) < 4.78 is 3.52. The summed E-state index contributed by atoms with van der Waals surface area (Å²) in [5.74, 6) is 0.0198. The van der Waals surface area contributed by atoms with Crippen molar-refractivity contribution in [2.24, 2.45) is 0 Å². The molecule has 0 bridgehead atoms. The molecule has 102 valence electrons. The fourth-order valence-electron chi connectivity index (χ4n) is 2.22. The summed E-state index contributed by atoms with van der Waals surface area (Å²) in [4.78, 5) is 16.6. The van der Waals surface area contributed by atoms with Gasteiger partial charge < -0.3 is 0 Å². The van der Waals surface area contributed by atoms with Gasteiger partial charge in [0.25, 0.3) is 0 Å². The first-order chi connectivity index (χ1) is 9.66. The van der Waals surface area contributed by atoms with Gasteiger partial charge in [0.15, 0.2) is 10.9 Å². The highest BCUT2D eigenvalue weighted by Gasteiger charge is 2.18. The average Bonchev–Trinajstić information content (AvgIpc) is 3.11. The monoisotopic (exact) mass is 287 g/mol. The number of hydrogen-bond acceptors (Lipinski definition) is 5. The van der Waals surface area contributed by atoms with Crippen molar-refractivity contribution in [3.05, 3.63) is 47.0 Å². The maximum atomic E-state index is 12.3. The van der Waals surface area contributed by atoms with Gasteiger partial charge in [0, 0.05) is 34.7 Å². The van der Waals surface area contributed by atoms with Crippen LogP contribution in [-0.2, 0) is 6.54 Å². The molecule has 0 aromatic carbocycles. The van der Waals surface area contributed by atoms with Crippen LogP contribution in [0, 0.1) is 13.8 Å². The molecule has 0 amide bonds. The fourth-order valence-corrected chi connectivity index (χ4v) is 2.97. The molecule has 3 aromatic rings. The van der Waals surface area contributed by atoms with E-state index in [9.17, 15) is 4.79 Å². The van der Waals surface area contributed by atoms with Crippen molar-refractivity contribution in [3.63, 3.8) is 0 Å². The Morgan fingerprint density at radius 3 is 2.85 bits per heavy atom. The van der Waals surface area contributed by atoms with E-state index in [0.717, 1.165) is 16.5 Å². The Kier molecular flexibility index (Phi) is 3.19. The number of carbonyl (C=O) groups is 1. The van der Waals surface area contributed by atoms with Crippen LogP contribution in [0.2, 0.25) is 0 Å². The van der Waals surface area contributed by atoms with E-state index in [1.54, 1.807) is 29.9 Å². The fraction of sp³-hybridized carbons (Fsp3) is 0.231. The van der Waals surface area contributed by atoms with Crippen molar-refractivity contribution in [2.75, 3.05) is 0 Å². The molecule has 0 aliphatic heterocycles. The Morgan fingerprint density at radius 2 is 2.20 bits per heavy atom. The molecule has 0 saturated carbocycles. The lowest BCUT2D eigenvalue weighted by molar-refractivity contribution is 0.0966. The molecule has 0 spiro atoms. The normalized spacial score (nSPS) is 10.9. The lowest BCUT2D eigenvalue weighted by Crippen LogP contribution is -2.12. The summed E-state index contributed by atoms with van der Waals surface area (Å²) in [7, 11) is 0. The number of aryl methyl sites for hydroxylation is 1. The second kappa shape index (κ2) is 5.01. The molecular formula is C13H13N5OS. The molecule has 6 nitrogen and oxygen atoms in total. The molecule has 7 heteroatoms. The quantitative estimate of drug-likeness (QED) is 0.689. The van der Waals surface area contributed by atoms with Crippen molar-refractivity contribution in [1.82, 2.24) is 24.5 Å². The zero-order chi connectivity index (χ0) is 14.1. The molecule has 3 rings (SSSR count). The van der Waals surface area contributed by atoms with Crippen molar-refractivity contribution in [2.45, 2.75) is 20.4 Å². The zero-order valence-corrected chi connectivity index (χ0v) is 12.0. The predicted octanol–water partition coefficient (Wildman–Crippen LogP) is 2.03. The van der Waals surface area contributed by atoms with Gasteiger partial charge in [-0.15, -0.1) is 16.4 Å². The SMILES string of the molecule is Cc1cc(C(=O)Cn2ccnn2)c(C)n1-c1nccs1. The minimum atomic E-state index is 0.0198. The van der Waals surface area contributed by atoms with Crippen LogP contribution in [0.1, 0.15) is 21.7 Å². The van der Waals surface area contributed by atoms with E-state index in [-0.39, 0.29) is 12.3 Å². The zero-order valence-electron chi connectivity index (χ0n) is 11.1. The summed E-state index contributed by atoms with van der Waals surface area (Å²) in [6.45, 7) is 4.10. The Bertz CT molecular complexity index is 727. The van der Waals surface area contributed by atoms with Gasteiger partial charge in [0.05, 0.1) is 6.20 Å². The van der Waals surface area contributed by atoms with Gasteiger partial charge in [-0.25, -0.2) is 9.67 Å². The van der Waals surface area contributed by atoms with Crippen molar-refractivity contribution in [3.8, 4) is 5.13 Å². The molecule has 0 fully saturated rings. The highest BCUT2D eigenvalue weighted by atomic mass is 32.1. The van der Waals surface area contributed by atoms with E-state index in [1.807, 2.05) is 29.9 Å². The molecule has 0 radical (unpaired) electrons. The summed E-state index contributed by atoms with van der Waals surface area (Å²) in [6.07, 6.45) is 5.00. The smallest absolute Gasteiger partial charge is 0.193 e. The molecule has 0 N–H and O–H groups in total. The van der Waals surface area contributed by atoms with Crippen LogP contribution in [0.5, 0.6) is 0 Å². The van der Waals surface area contributed by atoms with Crippen LogP contribution in [0.4, 0.5) is 0 Å². The molecular weight excluding hydrogens is 274 g/mol. The third kappa shape index (κ3) is 2.16. The van der Waals surface area contributed by atoms with Crippen LogP contribution < -0.4 is 0 Å². The lowest BCUT2D eigenvalue weighted by atomic mass is 10.1. The number of thiazole rings is 1. The van der Waals surface area contributed by atoms with Crippen molar-refractivity contribution < 1.29 is 4.79 Å². The Balaban J connectivity index is 1.95. The summed E-state index contributed by atoms with van der Waals surface area (Å²) in [5, 5.41) is 10.3. The second-order valence-corrected chi connectivity index (χ2v) is 5.33. The van der Waals surface area contributed by atoms with Gasteiger partial charge in [-0.3, -0.25) is 9.36 Å². The molecule has 3 aromatic heterocycles. The van der Waals surface area contributed by atoms with E-state index < -0.39 is 0 Å². The Labute approximate surface area is 119 Å². The second-order valence-electron chi connectivity index (χ2n) is 4.46. The third-order valence-corrected chi connectivity index (χ3v) is 3.88. The maximum Gasteiger partial charge on any atom is 0.193 e. The molecule has 0 aliphatic carbocycles. The average molecular weight is 287 g/mol. The first kappa shape index (κ1) is 12.7. The highest BCUT2D eigenvalue weighted by Crippen LogP contribution is 2.22. The first-order valence-corrected chi connectivity index (χ1v) is 7.01. The van der Waals surface area contributed by atoms with Crippen molar-refractivity contribution >= 4 is 17.1 Å². The molecule has 0 atom stereocenters. The van der Waals surface area contributed by atoms with Gasteiger partial charge in [0.2, 0.25) is 0 Å². The summed E-state index contributed by atoms with van der Waals surface area (Å²) >= 11 is 1.55. The largest absolute Gasteiger partial charge is 0.294 e. The lowest BCUT2D eigenvalue weighted by Gasteiger charge is -2.05. The first-order valence-electron chi connectivity index (χ1n) is 6.13. The van der Waals surface area contributed by atoms with E-state index in [1.165, 1.54) is 4.68 Å². The summed E-state index contributed by atoms with van der Waals surface area (Å²) in [6, 6.07) is 1.90. The predicted molar refractivity (Wildman–Crippen MR) is 75.3 cm³/mol. The highest BCUT2D eigenvalue weighted by molar-refractivity contribution is 7.12. The van der Waals surface area contributed by atoms with Gasteiger partial charge in [-0.1, -0.05) is 5.21 Å². The maximum absolute atomic E-state index is 12.3. The minimum absolute atomic E-state index is 0.0198. The molecule has 0 aliphatic rings. The number of hydrogen-bond donors (Lipinski definition) is 0. The number of rotatable bonds is 4. The van der Waals surface area contributed by atoms with E-state index in [0.29, 0.717) is 5.56 Å². The molecule has 0 unspecified atom stereocenters. The molecule has 0 saturated heterocycles. The van der Waals surface area contributed by atoms with Crippen LogP contribution in [0.25, 0.3) is 5.13 Å². The van der Waals surface area contributed by atoms with Crippen molar-refractivity contribution in [1.29, 1.82) is 0 Å². The van der Waals surface area contributed by atoms with Crippen LogP contribution in [0.15, 0.2) is 30.0 Å². The number of carbonyl (C=O) groups excluding carboxylic acids is 1. The Hall–Kier alpha value is -2.28. The Morgan fingerprint density at radius 1 is 1.35 bits per heavy atom. The number of nitrogens with zero attached hydrogens (tertiary/aromatic N) is 5.